The van der Waals surface area contributed by atoms with Crippen LogP contribution >= 0.6 is 12.4 Å². The van der Waals surface area contributed by atoms with E-state index in [-0.39, 0.29) is 19.0 Å². The van der Waals surface area contributed by atoms with Gasteiger partial charge in [-0.2, -0.15) is 5.10 Å². The van der Waals surface area contributed by atoms with Crippen LogP contribution in [0.15, 0.2) is 30.9 Å². The largest absolute Gasteiger partial charge is 0.365 e. The molecule has 0 unspecified atom stereocenters. The number of hydrogen-bond donors (Lipinski definition) is 2. The third-order valence-corrected chi connectivity index (χ3v) is 4.45. The summed E-state index contributed by atoms with van der Waals surface area (Å²) in [4.78, 5) is 13.4. The van der Waals surface area contributed by atoms with E-state index in [4.69, 9.17) is 0 Å². The van der Waals surface area contributed by atoms with E-state index in [1.54, 1.807) is 23.3 Å². The quantitative estimate of drug-likeness (QED) is 0.726. The number of piperidine rings is 1. The highest BCUT2D eigenvalue weighted by Gasteiger charge is 2.31. The number of aryl methyl sites for hydroxylation is 1. The van der Waals surface area contributed by atoms with Crippen LogP contribution in [0.3, 0.4) is 0 Å². The second-order valence-electron chi connectivity index (χ2n) is 6.47. The van der Waals surface area contributed by atoms with Crippen molar-refractivity contribution in [1.82, 2.24) is 30.0 Å². The second kappa shape index (κ2) is 7.51. The van der Waals surface area contributed by atoms with Gasteiger partial charge >= 0.3 is 0 Å². The van der Waals surface area contributed by atoms with Crippen molar-refractivity contribution in [3.8, 4) is 11.3 Å². The van der Waals surface area contributed by atoms with Crippen LogP contribution in [-0.4, -0.2) is 50.0 Å². The van der Waals surface area contributed by atoms with Gasteiger partial charge in [-0.25, -0.2) is 14.4 Å². The zero-order chi connectivity index (χ0) is 17.3. The van der Waals surface area contributed by atoms with Gasteiger partial charge in [-0.3, -0.25) is 9.67 Å². The van der Waals surface area contributed by atoms with E-state index >= 15 is 0 Å². The molecule has 2 N–H and O–H groups in total. The van der Waals surface area contributed by atoms with E-state index in [0.29, 0.717) is 29.8 Å². The maximum atomic E-state index is 14.9. The monoisotopic (exact) mass is 377 g/mol. The number of rotatable bonds is 4. The number of hydrogen-bond acceptors (Lipinski definition) is 6. The molecule has 138 valence electrons. The van der Waals surface area contributed by atoms with Crippen LogP contribution in [0.2, 0.25) is 0 Å². The Kier molecular flexibility index (Phi) is 5.33. The van der Waals surface area contributed by atoms with Gasteiger partial charge in [0.1, 0.15) is 11.2 Å². The molecular weight excluding hydrogens is 357 g/mol. The molecule has 4 rings (SSSR count). The van der Waals surface area contributed by atoms with Gasteiger partial charge in [0.25, 0.3) is 0 Å². The summed E-state index contributed by atoms with van der Waals surface area (Å²) in [6.45, 7) is 1.41. The molecular formula is C17H21ClFN7. The molecule has 0 saturated carbocycles. The SMILES string of the molecule is Cl.Cn1cc(-c2cc3nccnc3c(NC[C@]3(F)CCCNC3)n2)cn1. The van der Waals surface area contributed by atoms with Crippen molar-refractivity contribution in [3.63, 3.8) is 0 Å². The van der Waals surface area contributed by atoms with E-state index in [0.717, 1.165) is 24.2 Å². The fraction of sp³-hybridized carbons (Fsp3) is 0.412. The van der Waals surface area contributed by atoms with Gasteiger partial charge < -0.3 is 10.6 Å². The number of nitrogens with zero attached hydrogens (tertiary/aromatic N) is 5. The third kappa shape index (κ3) is 3.76. The lowest BCUT2D eigenvalue weighted by atomic mass is 9.96. The lowest BCUT2D eigenvalue weighted by molar-refractivity contribution is 0.137. The summed E-state index contributed by atoms with van der Waals surface area (Å²) in [5.41, 5.74) is 1.69. The molecule has 0 bridgehead atoms. The predicted molar refractivity (Wildman–Crippen MR) is 101 cm³/mol. The molecule has 7 nitrogen and oxygen atoms in total. The van der Waals surface area contributed by atoms with E-state index in [1.807, 2.05) is 19.3 Å². The van der Waals surface area contributed by atoms with Gasteiger partial charge in [0.05, 0.1) is 24.0 Å². The molecule has 0 aliphatic carbocycles. The topological polar surface area (TPSA) is 80.5 Å². The number of pyridine rings is 1. The standard InChI is InChI=1S/C17H20FN7.ClH/c1-25-9-12(8-23-25)13-7-14-15(21-6-5-20-14)16(24-13)22-11-17(18)3-2-4-19-10-17;/h5-9,19H,2-4,10-11H2,1H3,(H,22,24);1H/t17-;/m0./s1. The molecule has 9 heteroatoms. The summed E-state index contributed by atoms with van der Waals surface area (Å²) in [5, 5.41) is 10.5. The summed E-state index contributed by atoms with van der Waals surface area (Å²) in [5.74, 6) is 0.548. The average molecular weight is 378 g/mol. The molecule has 0 spiro atoms. The Morgan fingerprint density at radius 3 is 2.92 bits per heavy atom. The molecule has 1 saturated heterocycles. The Bertz CT molecular complexity index is 892. The van der Waals surface area contributed by atoms with Gasteiger partial charge in [-0.05, 0) is 25.5 Å². The van der Waals surface area contributed by atoms with Crippen LogP contribution in [0.5, 0.6) is 0 Å². The minimum atomic E-state index is -1.28. The molecule has 3 aromatic heterocycles. The minimum absolute atomic E-state index is 0. The van der Waals surface area contributed by atoms with Gasteiger partial charge in [-0.15, -0.1) is 12.4 Å². The third-order valence-electron chi connectivity index (χ3n) is 4.45. The van der Waals surface area contributed by atoms with E-state index in [9.17, 15) is 4.39 Å². The highest BCUT2D eigenvalue weighted by molar-refractivity contribution is 5.88. The van der Waals surface area contributed by atoms with Crippen LogP contribution in [0.1, 0.15) is 12.8 Å². The summed E-state index contributed by atoms with van der Waals surface area (Å²) >= 11 is 0. The fourth-order valence-electron chi connectivity index (χ4n) is 3.12. The first-order valence-electron chi connectivity index (χ1n) is 8.37. The first-order chi connectivity index (χ1) is 12.1. The predicted octanol–water partition coefficient (Wildman–Crippen LogP) is 2.35. The zero-order valence-electron chi connectivity index (χ0n) is 14.4. The average Bonchev–Trinajstić information content (AvgIpc) is 3.07. The van der Waals surface area contributed by atoms with E-state index in [1.165, 1.54) is 0 Å². The summed E-state index contributed by atoms with van der Waals surface area (Å²) in [6, 6.07) is 1.87. The normalized spacial score (nSPS) is 19.9. The highest BCUT2D eigenvalue weighted by Crippen LogP contribution is 2.27. The highest BCUT2D eigenvalue weighted by atomic mass is 35.5. The molecule has 0 amide bonds. The molecule has 1 aliphatic heterocycles. The zero-order valence-corrected chi connectivity index (χ0v) is 15.3. The number of fused-ring (bicyclic) bond motifs is 1. The van der Waals surface area contributed by atoms with Crippen LogP contribution in [0.4, 0.5) is 10.2 Å². The van der Waals surface area contributed by atoms with E-state index < -0.39 is 5.67 Å². The summed E-state index contributed by atoms with van der Waals surface area (Å²) in [6.07, 6.45) is 8.26. The molecule has 0 radical (unpaired) electrons. The van der Waals surface area contributed by atoms with Crippen molar-refractivity contribution in [1.29, 1.82) is 0 Å². The summed E-state index contributed by atoms with van der Waals surface area (Å²) in [7, 11) is 1.85. The van der Waals surface area contributed by atoms with Crippen molar-refractivity contribution in [2.24, 2.45) is 7.05 Å². The molecule has 1 fully saturated rings. The van der Waals surface area contributed by atoms with Gasteiger partial charge in [0, 0.05) is 37.7 Å². The Hall–Kier alpha value is -2.32. The van der Waals surface area contributed by atoms with E-state index in [2.05, 4.69) is 30.7 Å². The Morgan fingerprint density at radius 1 is 1.35 bits per heavy atom. The lowest BCUT2D eigenvalue weighted by Gasteiger charge is -2.30. The fourth-order valence-corrected chi connectivity index (χ4v) is 3.12. The van der Waals surface area contributed by atoms with Crippen molar-refractivity contribution in [3.05, 3.63) is 30.9 Å². The van der Waals surface area contributed by atoms with Crippen molar-refractivity contribution < 1.29 is 4.39 Å². The molecule has 1 atom stereocenters. The minimum Gasteiger partial charge on any atom is -0.365 e. The van der Waals surface area contributed by atoms with Gasteiger partial charge in [0.15, 0.2) is 5.82 Å². The first-order valence-corrected chi connectivity index (χ1v) is 8.37. The maximum absolute atomic E-state index is 14.9. The molecule has 3 aromatic rings. The number of aromatic nitrogens is 5. The lowest BCUT2D eigenvalue weighted by Crippen LogP contribution is -2.46. The number of alkyl halides is 1. The van der Waals surface area contributed by atoms with Gasteiger partial charge in [0.2, 0.25) is 0 Å². The number of anilines is 1. The number of halogens is 2. The second-order valence-corrected chi connectivity index (χ2v) is 6.47. The van der Waals surface area contributed by atoms with Crippen LogP contribution in [0.25, 0.3) is 22.3 Å². The van der Waals surface area contributed by atoms with Crippen LogP contribution in [-0.2, 0) is 7.05 Å². The van der Waals surface area contributed by atoms with Gasteiger partial charge in [-0.1, -0.05) is 0 Å². The Balaban J connectivity index is 0.00000196. The Morgan fingerprint density at radius 2 is 2.19 bits per heavy atom. The smallest absolute Gasteiger partial charge is 0.155 e. The molecule has 4 heterocycles. The molecule has 1 aliphatic rings. The van der Waals surface area contributed by atoms with Crippen molar-refractivity contribution in [2.45, 2.75) is 18.5 Å². The van der Waals surface area contributed by atoms with Crippen LogP contribution in [0, 0.1) is 0 Å². The Labute approximate surface area is 156 Å². The first kappa shape index (κ1) is 18.5. The summed E-state index contributed by atoms with van der Waals surface area (Å²) < 4.78 is 16.6. The van der Waals surface area contributed by atoms with Crippen molar-refractivity contribution in [2.75, 3.05) is 25.0 Å². The van der Waals surface area contributed by atoms with Crippen LogP contribution < -0.4 is 10.6 Å². The molecule has 0 aromatic carbocycles. The number of nitrogens with one attached hydrogen (secondary N) is 2. The van der Waals surface area contributed by atoms with Crippen molar-refractivity contribution >= 4 is 29.3 Å². The molecule has 26 heavy (non-hydrogen) atoms. The maximum Gasteiger partial charge on any atom is 0.155 e.